The molecule has 0 aliphatic heterocycles. The first-order valence-corrected chi connectivity index (χ1v) is 8.35. The van der Waals surface area contributed by atoms with Gasteiger partial charge in [0.05, 0.1) is 16.3 Å². The molecule has 0 saturated carbocycles. The van der Waals surface area contributed by atoms with Gasteiger partial charge in [0.1, 0.15) is 0 Å². The highest BCUT2D eigenvalue weighted by Gasteiger charge is 2.10. The smallest absolute Gasteiger partial charge is 0.257 e. The number of hydrogen-bond donors (Lipinski definition) is 1. The third-order valence-corrected chi connectivity index (χ3v) is 4.31. The Hall–Kier alpha value is -3.25. The summed E-state index contributed by atoms with van der Waals surface area (Å²) < 4.78 is 1.70. The molecule has 26 heavy (non-hydrogen) atoms. The first-order valence-electron chi connectivity index (χ1n) is 7.97. The van der Waals surface area contributed by atoms with Gasteiger partial charge in [-0.1, -0.05) is 35.9 Å². The number of amides is 1. The summed E-state index contributed by atoms with van der Waals surface area (Å²) in [6, 6.07) is 18.2. The van der Waals surface area contributed by atoms with Crippen LogP contribution in [0.3, 0.4) is 0 Å². The minimum Gasteiger partial charge on any atom is -0.322 e. The van der Waals surface area contributed by atoms with E-state index in [1.165, 1.54) is 0 Å². The highest BCUT2D eigenvalue weighted by Crippen LogP contribution is 2.21. The lowest BCUT2D eigenvalue weighted by Gasteiger charge is -2.08. The molecule has 7 heteroatoms. The number of rotatable bonds is 3. The van der Waals surface area contributed by atoms with Crippen molar-refractivity contribution in [2.75, 3.05) is 5.32 Å². The molecule has 0 spiro atoms. The van der Waals surface area contributed by atoms with Gasteiger partial charge >= 0.3 is 0 Å². The fraction of sp³-hybridized carbons (Fsp3) is 0.0526. The Morgan fingerprint density at radius 3 is 2.54 bits per heavy atom. The van der Waals surface area contributed by atoms with Crippen LogP contribution in [-0.4, -0.2) is 25.7 Å². The summed E-state index contributed by atoms with van der Waals surface area (Å²) in [5, 5.41) is 15.8. The van der Waals surface area contributed by atoms with Crippen LogP contribution in [0.15, 0.2) is 60.7 Å². The van der Waals surface area contributed by atoms with Crippen LogP contribution in [0.4, 0.5) is 5.69 Å². The van der Waals surface area contributed by atoms with Gasteiger partial charge < -0.3 is 5.32 Å². The maximum atomic E-state index is 12.3. The average molecular weight is 364 g/mol. The van der Waals surface area contributed by atoms with Gasteiger partial charge in [-0.05, 0) is 43.3 Å². The van der Waals surface area contributed by atoms with Gasteiger partial charge in [-0.2, -0.15) is 9.61 Å². The average Bonchev–Trinajstić information content (AvgIpc) is 3.03. The summed E-state index contributed by atoms with van der Waals surface area (Å²) in [7, 11) is 0. The first kappa shape index (κ1) is 16.2. The van der Waals surface area contributed by atoms with Crippen LogP contribution >= 0.6 is 11.6 Å². The van der Waals surface area contributed by atoms with Crippen LogP contribution in [0, 0.1) is 6.92 Å². The Kier molecular flexibility index (Phi) is 4.10. The Balaban J connectivity index is 1.57. The van der Waals surface area contributed by atoms with Crippen molar-refractivity contribution in [3.63, 3.8) is 0 Å². The molecule has 1 amide bonds. The summed E-state index contributed by atoms with van der Waals surface area (Å²) in [5.74, 6) is 0.480. The second-order valence-corrected chi connectivity index (χ2v) is 6.15. The number of aryl methyl sites for hydroxylation is 1. The quantitative estimate of drug-likeness (QED) is 0.597. The molecule has 2 heterocycles. The molecular weight excluding hydrogens is 350 g/mol. The van der Waals surface area contributed by atoms with Gasteiger partial charge in [0.15, 0.2) is 11.5 Å². The molecule has 4 rings (SSSR count). The van der Waals surface area contributed by atoms with E-state index in [1.54, 1.807) is 28.8 Å². The van der Waals surface area contributed by atoms with E-state index in [9.17, 15) is 4.79 Å². The highest BCUT2D eigenvalue weighted by atomic mass is 35.5. The topological polar surface area (TPSA) is 72.2 Å². The van der Waals surface area contributed by atoms with E-state index < -0.39 is 0 Å². The Bertz CT molecular complexity index is 1100. The molecule has 0 saturated heterocycles. The van der Waals surface area contributed by atoms with E-state index in [0.717, 1.165) is 17.1 Å². The van der Waals surface area contributed by atoms with E-state index in [2.05, 4.69) is 20.6 Å². The summed E-state index contributed by atoms with van der Waals surface area (Å²) in [6.45, 7) is 1.85. The van der Waals surface area contributed by atoms with Crippen LogP contribution in [0.2, 0.25) is 5.02 Å². The van der Waals surface area contributed by atoms with E-state index in [1.807, 2.05) is 43.3 Å². The molecule has 0 radical (unpaired) electrons. The molecule has 0 fully saturated rings. The summed E-state index contributed by atoms with van der Waals surface area (Å²) in [4.78, 5) is 12.3. The van der Waals surface area contributed by atoms with Gasteiger partial charge in [-0.3, -0.25) is 4.79 Å². The molecule has 0 aliphatic carbocycles. The first-order chi connectivity index (χ1) is 12.6. The van der Waals surface area contributed by atoms with Gasteiger partial charge in [0, 0.05) is 11.3 Å². The van der Waals surface area contributed by atoms with E-state index in [4.69, 9.17) is 11.6 Å². The maximum Gasteiger partial charge on any atom is 0.257 e. The molecule has 1 N–H and O–H groups in total. The Morgan fingerprint density at radius 2 is 1.77 bits per heavy atom. The van der Waals surface area contributed by atoms with Crippen molar-refractivity contribution < 1.29 is 4.79 Å². The molecular formula is C19H14ClN5O. The summed E-state index contributed by atoms with van der Waals surface area (Å²) in [6.07, 6.45) is 0. The second-order valence-electron chi connectivity index (χ2n) is 5.75. The number of nitrogens with one attached hydrogen (secondary N) is 1. The maximum absolute atomic E-state index is 12.3. The van der Waals surface area contributed by atoms with Crippen molar-refractivity contribution in [1.82, 2.24) is 19.8 Å². The molecule has 2 aromatic heterocycles. The zero-order valence-corrected chi connectivity index (χ0v) is 14.6. The third kappa shape index (κ3) is 3.02. The molecule has 0 unspecified atom stereocenters. The Labute approximate surface area is 154 Å². The van der Waals surface area contributed by atoms with Crippen LogP contribution in [0.5, 0.6) is 0 Å². The minimum absolute atomic E-state index is 0.247. The predicted molar refractivity (Wildman–Crippen MR) is 100 cm³/mol. The monoisotopic (exact) mass is 363 g/mol. The zero-order chi connectivity index (χ0) is 18.1. The number of fused-ring (bicyclic) bond motifs is 1. The standard InChI is InChI=1S/C19H14ClN5O/c1-12-22-23-18-11-10-17(24-25(12)18)13-6-8-14(9-7-13)21-19(26)15-4-2-3-5-16(15)20/h2-11H,1H3,(H,21,26). The van der Waals surface area contributed by atoms with Crippen molar-refractivity contribution in [1.29, 1.82) is 0 Å². The van der Waals surface area contributed by atoms with E-state index in [-0.39, 0.29) is 5.91 Å². The third-order valence-electron chi connectivity index (χ3n) is 3.98. The molecule has 2 aromatic carbocycles. The number of hydrogen-bond acceptors (Lipinski definition) is 4. The lowest BCUT2D eigenvalue weighted by atomic mass is 10.1. The molecule has 0 aliphatic rings. The van der Waals surface area contributed by atoms with Crippen molar-refractivity contribution in [2.45, 2.75) is 6.92 Å². The number of nitrogens with zero attached hydrogens (tertiary/aromatic N) is 4. The number of halogens is 1. The van der Waals surface area contributed by atoms with Gasteiger partial charge in [0.25, 0.3) is 5.91 Å². The summed E-state index contributed by atoms with van der Waals surface area (Å²) in [5.41, 5.74) is 3.55. The molecule has 0 bridgehead atoms. The Morgan fingerprint density at radius 1 is 1.00 bits per heavy atom. The lowest BCUT2D eigenvalue weighted by molar-refractivity contribution is 0.102. The van der Waals surface area contributed by atoms with Gasteiger partial charge in [0.2, 0.25) is 0 Å². The van der Waals surface area contributed by atoms with Crippen LogP contribution in [0.25, 0.3) is 16.9 Å². The normalized spacial score (nSPS) is 10.8. The number of benzene rings is 2. The minimum atomic E-state index is -0.247. The lowest BCUT2D eigenvalue weighted by Crippen LogP contribution is -2.12. The second kappa shape index (κ2) is 6.57. The number of carbonyl (C=O) groups excluding carboxylic acids is 1. The van der Waals surface area contributed by atoms with Gasteiger partial charge in [-0.25, -0.2) is 0 Å². The SMILES string of the molecule is Cc1nnc2ccc(-c3ccc(NC(=O)c4ccccc4Cl)cc3)nn12. The highest BCUT2D eigenvalue weighted by molar-refractivity contribution is 6.34. The van der Waals surface area contributed by atoms with Crippen molar-refractivity contribution in [3.8, 4) is 11.3 Å². The van der Waals surface area contributed by atoms with E-state index in [0.29, 0.717) is 21.9 Å². The summed E-state index contributed by atoms with van der Waals surface area (Å²) >= 11 is 6.06. The number of aromatic nitrogens is 4. The van der Waals surface area contributed by atoms with Crippen LogP contribution in [-0.2, 0) is 0 Å². The van der Waals surface area contributed by atoms with Crippen LogP contribution < -0.4 is 5.32 Å². The van der Waals surface area contributed by atoms with E-state index >= 15 is 0 Å². The molecule has 0 atom stereocenters. The predicted octanol–water partition coefficient (Wildman–Crippen LogP) is 4.01. The van der Waals surface area contributed by atoms with Crippen molar-refractivity contribution in [3.05, 3.63) is 77.1 Å². The van der Waals surface area contributed by atoms with Crippen molar-refractivity contribution >= 4 is 28.8 Å². The zero-order valence-electron chi connectivity index (χ0n) is 13.8. The van der Waals surface area contributed by atoms with Crippen LogP contribution in [0.1, 0.15) is 16.2 Å². The fourth-order valence-electron chi connectivity index (χ4n) is 2.62. The number of carbonyl (C=O) groups is 1. The van der Waals surface area contributed by atoms with Gasteiger partial charge in [-0.15, -0.1) is 10.2 Å². The molecule has 6 nitrogen and oxygen atoms in total. The fourth-order valence-corrected chi connectivity index (χ4v) is 2.84. The largest absolute Gasteiger partial charge is 0.322 e. The number of anilines is 1. The molecule has 4 aromatic rings. The van der Waals surface area contributed by atoms with Crippen molar-refractivity contribution in [2.24, 2.45) is 0 Å². The molecule has 128 valence electrons.